The summed E-state index contributed by atoms with van der Waals surface area (Å²) in [5.41, 5.74) is 2.57. The minimum Gasteiger partial charge on any atom is -0.369 e. The molecule has 0 radical (unpaired) electrons. The van der Waals surface area contributed by atoms with Crippen molar-refractivity contribution in [2.24, 2.45) is 0 Å². The molecule has 1 aromatic carbocycles. The fourth-order valence-electron chi connectivity index (χ4n) is 3.45. The van der Waals surface area contributed by atoms with Crippen molar-refractivity contribution in [3.05, 3.63) is 24.3 Å². The molecule has 0 spiro atoms. The van der Waals surface area contributed by atoms with Gasteiger partial charge in [-0.25, -0.2) is 4.79 Å². The van der Waals surface area contributed by atoms with E-state index in [1.54, 1.807) is 0 Å². The van der Waals surface area contributed by atoms with Gasteiger partial charge in [-0.05, 0) is 37.7 Å². The number of carbonyl (C=O) groups is 1. The van der Waals surface area contributed by atoms with Crippen LogP contribution < -0.4 is 15.1 Å². The summed E-state index contributed by atoms with van der Waals surface area (Å²) in [7, 11) is 2.18. The van der Waals surface area contributed by atoms with Crippen LogP contribution in [0.25, 0.3) is 0 Å². The van der Waals surface area contributed by atoms with E-state index in [9.17, 15) is 4.79 Å². The minimum absolute atomic E-state index is 0.0758. The number of amides is 2. The van der Waals surface area contributed by atoms with Gasteiger partial charge in [-0.1, -0.05) is 6.92 Å². The van der Waals surface area contributed by atoms with E-state index in [4.69, 9.17) is 0 Å². The van der Waals surface area contributed by atoms with E-state index in [1.165, 1.54) is 11.4 Å². The van der Waals surface area contributed by atoms with Crippen molar-refractivity contribution >= 4 is 17.4 Å². The molecule has 2 fully saturated rings. The van der Waals surface area contributed by atoms with Crippen LogP contribution >= 0.6 is 0 Å². The zero-order valence-electron chi connectivity index (χ0n) is 15.6. The summed E-state index contributed by atoms with van der Waals surface area (Å²) in [6.07, 6.45) is 0.978. The number of hydrogen-bond donors (Lipinski definition) is 1. The third-order valence-corrected chi connectivity index (χ3v) is 5.18. The number of nitrogens with one attached hydrogen (secondary N) is 1. The van der Waals surface area contributed by atoms with Gasteiger partial charge < -0.3 is 24.9 Å². The van der Waals surface area contributed by atoms with Crippen LogP contribution in [-0.2, 0) is 0 Å². The highest BCUT2D eigenvalue weighted by molar-refractivity contribution is 5.74. The molecule has 1 N–H and O–H groups in total. The number of carbonyl (C=O) groups excluding carboxylic acids is 1. The summed E-state index contributed by atoms with van der Waals surface area (Å²) in [5, 5.41) is 2.96. The molecule has 0 unspecified atom stereocenters. The fraction of sp³-hybridized carbons (Fsp3) is 0.632. The first kappa shape index (κ1) is 17.9. The monoisotopic (exact) mass is 345 g/mol. The Balaban J connectivity index is 1.51. The van der Waals surface area contributed by atoms with Gasteiger partial charge in [0, 0.05) is 70.3 Å². The first-order valence-electron chi connectivity index (χ1n) is 9.48. The van der Waals surface area contributed by atoms with E-state index in [0.29, 0.717) is 0 Å². The summed E-state index contributed by atoms with van der Waals surface area (Å²) in [4.78, 5) is 21.2. The number of benzene rings is 1. The van der Waals surface area contributed by atoms with Crippen LogP contribution in [0, 0.1) is 0 Å². The van der Waals surface area contributed by atoms with Gasteiger partial charge in [-0.2, -0.15) is 0 Å². The Hall–Kier alpha value is -1.95. The number of likely N-dealkylation sites (N-methyl/N-ethyl adjacent to an activating group) is 1. The third kappa shape index (κ3) is 4.57. The maximum Gasteiger partial charge on any atom is 0.317 e. The van der Waals surface area contributed by atoms with Crippen molar-refractivity contribution in [1.29, 1.82) is 0 Å². The normalized spacial score (nSPS) is 19.2. The molecule has 0 saturated carbocycles. The van der Waals surface area contributed by atoms with Crippen LogP contribution in [0.4, 0.5) is 16.2 Å². The Morgan fingerprint density at radius 3 is 1.84 bits per heavy atom. The van der Waals surface area contributed by atoms with Crippen molar-refractivity contribution in [3.8, 4) is 0 Å². The molecule has 25 heavy (non-hydrogen) atoms. The lowest BCUT2D eigenvalue weighted by atomic mass is 10.2. The number of hydrogen-bond acceptors (Lipinski definition) is 4. The van der Waals surface area contributed by atoms with Gasteiger partial charge in [0.2, 0.25) is 0 Å². The van der Waals surface area contributed by atoms with Crippen LogP contribution in [0.2, 0.25) is 0 Å². The Morgan fingerprint density at radius 1 is 0.880 bits per heavy atom. The molecule has 2 saturated heterocycles. The Labute approximate surface area is 151 Å². The SMILES string of the molecule is CCCNC(=O)N1CCN(c2ccc(N3CCN(C)CC3)cc2)CC1. The van der Waals surface area contributed by atoms with Crippen LogP contribution in [0.15, 0.2) is 24.3 Å². The molecule has 2 aliphatic heterocycles. The molecular weight excluding hydrogens is 314 g/mol. The van der Waals surface area contributed by atoms with E-state index in [1.807, 2.05) is 4.90 Å². The Morgan fingerprint density at radius 2 is 1.36 bits per heavy atom. The number of rotatable bonds is 4. The van der Waals surface area contributed by atoms with Gasteiger partial charge in [0.1, 0.15) is 0 Å². The summed E-state index contributed by atoms with van der Waals surface area (Å²) in [6, 6.07) is 9.00. The maximum atomic E-state index is 12.0. The largest absolute Gasteiger partial charge is 0.369 e. The van der Waals surface area contributed by atoms with Gasteiger partial charge in [-0.3, -0.25) is 0 Å². The molecule has 2 aliphatic rings. The number of piperazine rings is 2. The van der Waals surface area contributed by atoms with E-state index < -0.39 is 0 Å². The molecular formula is C19H31N5O. The van der Waals surface area contributed by atoms with E-state index >= 15 is 0 Å². The van der Waals surface area contributed by atoms with Gasteiger partial charge in [0.15, 0.2) is 0 Å². The maximum absolute atomic E-state index is 12.0. The van der Waals surface area contributed by atoms with Crippen LogP contribution in [0.5, 0.6) is 0 Å². The van der Waals surface area contributed by atoms with Crippen molar-refractivity contribution in [2.45, 2.75) is 13.3 Å². The van der Waals surface area contributed by atoms with E-state index in [-0.39, 0.29) is 6.03 Å². The molecule has 6 nitrogen and oxygen atoms in total. The quantitative estimate of drug-likeness (QED) is 0.902. The smallest absolute Gasteiger partial charge is 0.317 e. The molecule has 0 aliphatic carbocycles. The summed E-state index contributed by atoms with van der Waals surface area (Å²) in [5.74, 6) is 0. The van der Waals surface area contributed by atoms with E-state index in [2.05, 4.69) is 58.3 Å². The fourth-order valence-corrected chi connectivity index (χ4v) is 3.45. The van der Waals surface area contributed by atoms with Gasteiger partial charge in [0.05, 0.1) is 0 Å². The second kappa shape index (κ2) is 8.43. The van der Waals surface area contributed by atoms with E-state index in [0.717, 1.165) is 65.3 Å². The molecule has 3 rings (SSSR count). The van der Waals surface area contributed by atoms with Crippen molar-refractivity contribution in [3.63, 3.8) is 0 Å². The molecule has 0 bridgehead atoms. The zero-order valence-corrected chi connectivity index (χ0v) is 15.6. The van der Waals surface area contributed by atoms with Crippen molar-refractivity contribution in [2.75, 3.05) is 75.8 Å². The predicted octanol–water partition coefficient (Wildman–Crippen LogP) is 1.68. The molecule has 2 amide bonds. The van der Waals surface area contributed by atoms with Crippen molar-refractivity contribution < 1.29 is 4.79 Å². The standard InChI is InChI=1S/C19H31N5O/c1-3-8-20-19(25)24-15-13-23(14-16-24)18-6-4-17(5-7-18)22-11-9-21(2)10-12-22/h4-7H,3,8-16H2,1-2H3,(H,20,25). The van der Waals surface area contributed by atoms with Crippen LogP contribution in [0.1, 0.15) is 13.3 Å². The number of urea groups is 1. The molecule has 1 aromatic rings. The highest BCUT2D eigenvalue weighted by Crippen LogP contribution is 2.22. The first-order chi connectivity index (χ1) is 12.2. The second-order valence-electron chi connectivity index (χ2n) is 7.01. The lowest BCUT2D eigenvalue weighted by Crippen LogP contribution is -2.52. The highest BCUT2D eigenvalue weighted by Gasteiger charge is 2.21. The lowest BCUT2D eigenvalue weighted by molar-refractivity contribution is 0.194. The highest BCUT2D eigenvalue weighted by atomic mass is 16.2. The molecule has 2 heterocycles. The Kier molecular flexibility index (Phi) is 6.02. The van der Waals surface area contributed by atoms with Crippen molar-refractivity contribution in [1.82, 2.24) is 15.1 Å². The topological polar surface area (TPSA) is 42.1 Å². The summed E-state index contributed by atoms with van der Waals surface area (Å²) >= 11 is 0. The second-order valence-corrected chi connectivity index (χ2v) is 7.01. The third-order valence-electron chi connectivity index (χ3n) is 5.18. The van der Waals surface area contributed by atoms with Gasteiger partial charge in [-0.15, -0.1) is 0 Å². The summed E-state index contributed by atoms with van der Waals surface area (Å²) in [6.45, 7) is 10.7. The number of nitrogens with zero attached hydrogens (tertiary/aromatic N) is 4. The minimum atomic E-state index is 0.0758. The Bertz CT molecular complexity index is 545. The average Bonchev–Trinajstić information content (AvgIpc) is 2.67. The van der Waals surface area contributed by atoms with Crippen LogP contribution in [0.3, 0.4) is 0 Å². The average molecular weight is 345 g/mol. The van der Waals surface area contributed by atoms with Gasteiger partial charge in [0.25, 0.3) is 0 Å². The zero-order chi connectivity index (χ0) is 17.6. The van der Waals surface area contributed by atoms with Gasteiger partial charge >= 0.3 is 6.03 Å². The first-order valence-corrected chi connectivity index (χ1v) is 9.48. The van der Waals surface area contributed by atoms with Crippen LogP contribution in [-0.4, -0.2) is 81.8 Å². The molecule has 0 atom stereocenters. The lowest BCUT2D eigenvalue weighted by Gasteiger charge is -2.37. The summed E-state index contributed by atoms with van der Waals surface area (Å²) < 4.78 is 0. The number of anilines is 2. The molecule has 6 heteroatoms. The molecule has 138 valence electrons. The predicted molar refractivity (Wildman–Crippen MR) is 104 cm³/mol. The molecule has 0 aromatic heterocycles.